The minimum atomic E-state index is 0.0510. The van der Waals surface area contributed by atoms with Crippen LogP contribution in [0.1, 0.15) is 5.56 Å². The largest absolute Gasteiger partial charge is 0.506 e. The number of halogens is 1. The number of anilines is 1. The van der Waals surface area contributed by atoms with Gasteiger partial charge in [0, 0.05) is 6.42 Å². The Kier molecular flexibility index (Phi) is 3.31. The minimum absolute atomic E-state index is 0.0510. The van der Waals surface area contributed by atoms with E-state index in [0.29, 0.717) is 17.4 Å². The Morgan fingerprint density at radius 1 is 1.54 bits per heavy atom. The molecular formula is C9H10BrNO2. The summed E-state index contributed by atoms with van der Waals surface area (Å²) in [5, 5.41) is 9.46. The van der Waals surface area contributed by atoms with Gasteiger partial charge < -0.3 is 10.8 Å². The number of nitrogens with two attached hydrogens (primary N) is 1. The number of phenols is 1. The van der Waals surface area contributed by atoms with Crippen LogP contribution in [0.5, 0.6) is 5.75 Å². The third kappa shape index (κ3) is 2.73. The van der Waals surface area contributed by atoms with E-state index >= 15 is 0 Å². The number of Topliss-reactive ketones (excluding diaryl/α,β-unsaturated/α-hetero) is 1. The Balaban J connectivity index is 2.79. The number of phenolic OH excluding ortho intramolecular Hbond substituents is 1. The zero-order valence-electron chi connectivity index (χ0n) is 6.96. The molecule has 0 aliphatic heterocycles. The van der Waals surface area contributed by atoms with E-state index in [0.717, 1.165) is 5.56 Å². The summed E-state index contributed by atoms with van der Waals surface area (Å²) in [6.07, 6.45) is 0.343. The van der Waals surface area contributed by atoms with Crippen LogP contribution in [0.15, 0.2) is 18.2 Å². The van der Waals surface area contributed by atoms with Crippen molar-refractivity contribution in [3.8, 4) is 5.75 Å². The third-order valence-electron chi connectivity index (χ3n) is 1.64. The molecule has 0 unspecified atom stereocenters. The number of hydrogen-bond acceptors (Lipinski definition) is 3. The molecule has 3 nitrogen and oxygen atoms in total. The van der Waals surface area contributed by atoms with E-state index in [1.54, 1.807) is 12.1 Å². The van der Waals surface area contributed by atoms with Gasteiger partial charge in [-0.1, -0.05) is 22.0 Å². The van der Waals surface area contributed by atoms with Crippen LogP contribution in [0.25, 0.3) is 0 Å². The van der Waals surface area contributed by atoms with Crippen molar-refractivity contribution < 1.29 is 9.90 Å². The van der Waals surface area contributed by atoms with Gasteiger partial charge in [-0.15, -0.1) is 0 Å². The van der Waals surface area contributed by atoms with E-state index in [-0.39, 0.29) is 11.5 Å². The summed E-state index contributed by atoms with van der Waals surface area (Å²) in [5.74, 6) is 0.139. The van der Waals surface area contributed by atoms with Crippen LogP contribution in [-0.4, -0.2) is 16.2 Å². The highest BCUT2D eigenvalue weighted by Crippen LogP contribution is 2.20. The van der Waals surface area contributed by atoms with Gasteiger partial charge in [0.05, 0.1) is 11.0 Å². The van der Waals surface area contributed by atoms with Crippen LogP contribution in [0.4, 0.5) is 5.69 Å². The fraction of sp³-hybridized carbons (Fsp3) is 0.222. The van der Waals surface area contributed by atoms with Gasteiger partial charge in [-0.3, -0.25) is 4.79 Å². The van der Waals surface area contributed by atoms with Gasteiger partial charge in [0.15, 0.2) is 0 Å². The van der Waals surface area contributed by atoms with E-state index < -0.39 is 0 Å². The van der Waals surface area contributed by atoms with Crippen LogP contribution in [0, 0.1) is 0 Å². The highest BCUT2D eigenvalue weighted by molar-refractivity contribution is 9.09. The van der Waals surface area contributed by atoms with E-state index in [1.165, 1.54) is 6.07 Å². The predicted molar refractivity (Wildman–Crippen MR) is 55.0 cm³/mol. The zero-order valence-corrected chi connectivity index (χ0v) is 8.54. The number of hydrogen-bond donors (Lipinski definition) is 2. The molecule has 0 aliphatic rings. The topological polar surface area (TPSA) is 63.3 Å². The van der Waals surface area contributed by atoms with Gasteiger partial charge in [-0.2, -0.15) is 0 Å². The second-order valence-corrected chi connectivity index (χ2v) is 3.30. The molecule has 3 N–H and O–H groups in total. The van der Waals surface area contributed by atoms with Crippen molar-refractivity contribution in [3.63, 3.8) is 0 Å². The molecule has 1 aromatic carbocycles. The monoisotopic (exact) mass is 243 g/mol. The van der Waals surface area contributed by atoms with Crippen LogP contribution in [-0.2, 0) is 11.2 Å². The van der Waals surface area contributed by atoms with Gasteiger partial charge in [-0.05, 0) is 17.7 Å². The molecule has 0 fully saturated rings. The third-order valence-corrected chi connectivity index (χ3v) is 2.27. The van der Waals surface area contributed by atoms with Crippen LogP contribution in [0.2, 0.25) is 0 Å². The summed E-state index contributed by atoms with van der Waals surface area (Å²) < 4.78 is 0. The number of carbonyl (C=O) groups is 1. The van der Waals surface area contributed by atoms with Gasteiger partial charge in [-0.25, -0.2) is 0 Å². The Morgan fingerprint density at radius 2 is 2.23 bits per heavy atom. The lowest BCUT2D eigenvalue weighted by atomic mass is 10.1. The summed E-state index contributed by atoms with van der Waals surface area (Å²) in [6, 6.07) is 4.79. The molecule has 0 amide bonds. The fourth-order valence-corrected chi connectivity index (χ4v) is 1.19. The fourth-order valence-electron chi connectivity index (χ4n) is 0.989. The summed E-state index contributed by atoms with van der Waals surface area (Å²) in [5.41, 5.74) is 6.59. The molecule has 0 saturated carbocycles. The van der Waals surface area contributed by atoms with Crippen LogP contribution >= 0.6 is 15.9 Å². The van der Waals surface area contributed by atoms with Crippen LogP contribution < -0.4 is 5.73 Å². The molecule has 0 atom stereocenters. The van der Waals surface area contributed by atoms with Crippen molar-refractivity contribution in [3.05, 3.63) is 23.8 Å². The first-order valence-electron chi connectivity index (χ1n) is 3.78. The molecule has 0 spiro atoms. The first-order chi connectivity index (χ1) is 6.13. The standard InChI is InChI=1S/C9H10BrNO2/c10-5-7(12)3-6-1-2-9(13)8(11)4-6/h1-2,4,13H,3,5,11H2. The molecular weight excluding hydrogens is 234 g/mol. The maximum absolute atomic E-state index is 11.0. The molecule has 13 heavy (non-hydrogen) atoms. The normalized spacial score (nSPS) is 9.92. The number of benzene rings is 1. The van der Waals surface area contributed by atoms with E-state index in [9.17, 15) is 4.79 Å². The van der Waals surface area contributed by atoms with Crippen LogP contribution in [0.3, 0.4) is 0 Å². The SMILES string of the molecule is Nc1cc(CC(=O)CBr)ccc1O. The van der Waals surface area contributed by atoms with E-state index in [2.05, 4.69) is 15.9 Å². The van der Waals surface area contributed by atoms with Gasteiger partial charge in [0.25, 0.3) is 0 Å². The molecule has 0 aromatic heterocycles. The lowest BCUT2D eigenvalue weighted by molar-refractivity contribution is -0.115. The number of aromatic hydroxyl groups is 1. The van der Waals surface area contributed by atoms with Gasteiger partial charge >= 0.3 is 0 Å². The average molecular weight is 244 g/mol. The molecule has 0 heterocycles. The summed E-state index contributed by atoms with van der Waals surface area (Å²) in [7, 11) is 0. The lowest BCUT2D eigenvalue weighted by Crippen LogP contribution is -2.03. The second kappa shape index (κ2) is 4.28. The van der Waals surface area contributed by atoms with Gasteiger partial charge in [0.1, 0.15) is 11.5 Å². The first-order valence-corrected chi connectivity index (χ1v) is 4.90. The molecule has 0 aliphatic carbocycles. The molecule has 1 aromatic rings. The lowest BCUT2D eigenvalue weighted by Gasteiger charge is -2.02. The number of alkyl halides is 1. The van der Waals surface area contributed by atoms with Crippen molar-refractivity contribution in [1.29, 1.82) is 0 Å². The van der Waals surface area contributed by atoms with Crippen molar-refractivity contribution in [2.24, 2.45) is 0 Å². The Morgan fingerprint density at radius 3 is 2.77 bits per heavy atom. The average Bonchev–Trinajstić information content (AvgIpc) is 2.11. The summed E-state index contributed by atoms with van der Waals surface area (Å²) >= 11 is 3.08. The first kappa shape index (κ1) is 10.1. The van der Waals surface area contributed by atoms with Gasteiger partial charge in [0.2, 0.25) is 0 Å². The summed E-state index contributed by atoms with van der Waals surface area (Å²) in [4.78, 5) is 11.0. The van der Waals surface area contributed by atoms with Crippen molar-refractivity contribution in [1.82, 2.24) is 0 Å². The molecule has 70 valence electrons. The Bertz CT molecular complexity index is 325. The molecule has 1 rings (SSSR count). The smallest absolute Gasteiger partial charge is 0.147 e. The Hall–Kier alpha value is -1.03. The number of rotatable bonds is 3. The molecule has 0 bridgehead atoms. The van der Waals surface area contributed by atoms with Crippen molar-refractivity contribution in [2.45, 2.75) is 6.42 Å². The number of nitrogen functional groups attached to an aromatic ring is 1. The minimum Gasteiger partial charge on any atom is -0.506 e. The van der Waals surface area contributed by atoms with Crippen molar-refractivity contribution >= 4 is 27.4 Å². The second-order valence-electron chi connectivity index (χ2n) is 2.74. The molecule has 0 radical (unpaired) electrons. The van der Waals surface area contributed by atoms with E-state index in [4.69, 9.17) is 10.8 Å². The maximum atomic E-state index is 11.0. The summed E-state index contributed by atoms with van der Waals surface area (Å²) in [6.45, 7) is 0. The highest BCUT2D eigenvalue weighted by atomic mass is 79.9. The van der Waals surface area contributed by atoms with Crippen molar-refractivity contribution in [2.75, 3.05) is 11.1 Å². The quantitative estimate of drug-likeness (QED) is 0.481. The zero-order chi connectivity index (χ0) is 9.84. The van der Waals surface area contributed by atoms with E-state index in [1.807, 2.05) is 0 Å². The number of ketones is 1. The predicted octanol–water partition coefficient (Wildman–Crippen LogP) is 1.48. The molecule has 4 heteroatoms. The highest BCUT2D eigenvalue weighted by Gasteiger charge is 2.03. The maximum Gasteiger partial charge on any atom is 0.147 e. The Labute approximate surface area is 84.7 Å². The molecule has 0 saturated heterocycles. The number of carbonyl (C=O) groups excluding carboxylic acids is 1.